The van der Waals surface area contributed by atoms with Gasteiger partial charge in [-0.3, -0.25) is 9.59 Å². The van der Waals surface area contributed by atoms with Crippen LogP contribution < -0.4 is 15.4 Å². The first kappa shape index (κ1) is 19.5. The Labute approximate surface area is 154 Å². The van der Waals surface area contributed by atoms with Crippen molar-refractivity contribution in [2.24, 2.45) is 11.7 Å². The Morgan fingerprint density at radius 2 is 1.96 bits per heavy atom. The molecule has 7 heteroatoms. The zero-order chi connectivity index (χ0) is 17.1. The van der Waals surface area contributed by atoms with Crippen LogP contribution in [0.2, 0.25) is 0 Å². The summed E-state index contributed by atoms with van der Waals surface area (Å²) in [5.41, 5.74) is 6.65. The van der Waals surface area contributed by atoms with Crippen LogP contribution in [0.3, 0.4) is 0 Å². The van der Waals surface area contributed by atoms with Crippen LogP contribution in [0.15, 0.2) is 24.3 Å². The minimum atomic E-state index is -0.276. The van der Waals surface area contributed by atoms with E-state index < -0.39 is 0 Å². The molecule has 0 aliphatic carbocycles. The minimum absolute atomic E-state index is 0. The molecule has 2 N–H and O–H groups in total. The number of hydrogen-bond acceptors (Lipinski definition) is 4. The second-order valence-electron chi connectivity index (χ2n) is 6.47. The van der Waals surface area contributed by atoms with Crippen LogP contribution in [0.4, 0.5) is 5.69 Å². The van der Waals surface area contributed by atoms with Gasteiger partial charge in [-0.1, -0.05) is 12.1 Å². The van der Waals surface area contributed by atoms with Gasteiger partial charge in [0.05, 0.1) is 18.2 Å². The maximum Gasteiger partial charge on any atom is 0.228 e. The third-order valence-electron chi connectivity index (χ3n) is 4.78. The van der Waals surface area contributed by atoms with Crippen LogP contribution in [-0.4, -0.2) is 49.0 Å². The monoisotopic (exact) mass is 367 g/mol. The van der Waals surface area contributed by atoms with Gasteiger partial charge in [0.2, 0.25) is 11.8 Å². The number of amides is 2. The largest absolute Gasteiger partial charge is 0.492 e. The number of carbonyl (C=O) groups excluding carboxylic acids is 2. The number of anilines is 1. The molecule has 1 unspecified atom stereocenters. The lowest BCUT2D eigenvalue weighted by Crippen LogP contribution is -2.45. The fraction of sp³-hybridized carbons (Fsp3) is 0.556. The Kier molecular flexibility index (Phi) is 6.67. The molecule has 1 atom stereocenters. The number of carbonyl (C=O) groups is 2. The van der Waals surface area contributed by atoms with Gasteiger partial charge in [0.15, 0.2) is 0 Å². The van der Waals surface area contributed by atoms with Gasteiger partial charge < -0.3 is 20.3 Å². The molecule has 25 heavy (non-hydrogen) atoms. The van der Waals surface area contributed by atoms with Gasteiger partial charge in [-0.05, 0) is 31.9 Å². The van der Waals surface area contributed by atoms with Crippen LogP contribution >= 0.6 is 12.4 Å². The lowest BCUT2D eigenvalue weighted by Gasteiger charge is -2.32. The van der Waals surface area contributed by atoms with Crippen molar-refractivity contribution in [1.82, 2.24) is 4.90 Å². The standard InChI is InChI=1S/C18H25N3O3.ClH/c1-2-24-16-6-4-3-5-15(16)21-12-13(11-17(21)22)18(23)20-9-7-14(19)8-10-20;/h3-6,13-14H,2,7-12,19H2,1H3;1H. The summed E-state index contributed by atoms with van der Waals surface area (Å²) in [7, 11) is 0. The van der Waals surface area contributed by atoms with E-state index >= 15 is 0 Å². The zero-order valence-electron chi connectivity index (χ0n) is 14.5. The van der Waals surface area contributed by atoms with Gasteiger partial charge in [0.25, 0.3) is 0 Å². The van der Waals surface area contributed by atoms with Gasteiger partial charge >= 0.3 is 0 Å². The molecule has 6 nitrogen and oxygen atoms in total. The molecule has 2 heterocycles. The van der Waals surface area contributed by atoms with E-state index in [4.69, 9.17) is 10.5 Å². The molecule has 3 rings (SSSR count). The highest BCUT2D eigenvalue weighted by Crippen LogP contribution is 2.33. The molecular formula is C18H26ClN3O3. The number of rotatable bonds is 4. The molecule has 1 aromatic rings. The highest BCUT2D eigenvalue weighted by Gasteiger charge is 2.38. The first-order valence-corrected chi connectivity index (χ1v) is 8.66. The summed E-state index contributed by atoms with van der Waals surface area (Å²) in [5, 5.41) is 0. The topological polar surface area (TPSA) is 75.9 Å². The molecule has 2 amide bonds. The molecule has 2 saturated heterocycles. The van der Waals surface area contributed by atoms with Crippen molar-refractivity contribution in [3.8, 4) is 5.75 Å². The fourth-order valence-electron chi connectivity index (χ4n) is 3.44. The van der Waals surface area contributed by atoms with E-state index in [1.165, 1.54) is 0 Å². The first-order valence-electron chi connectivity index (χ1n) is 8.66. The summed E-state index contributed by atoms with van der Waals surface area (Å²) in [6, 6.07) is 7.68. The maximum atomic E-state index is 12.7. The highest BCUT2D eigenvalue weighted by atomic mass is 35.5. The van der Waals surface area contributed by atoms with E-state index in [1.807, 2.05) is 36.1 Å². The number of hydrogen-bond donors (Lipinski definition) is 1. The lowest BCUT2D eigenvalue weighted by atomic mass is 10.0. The molecule has 1 aromatic carbocycles. The Morgan fingerprint density at radius 3 is 2.64 bits per heavy atom. The Hall–Kier alpha value is -1.79. The van der Waals surface area contributed by atoms with Gasteiger partial charge in [-0.15, -0.1) is 12.4 Å². The smallest absolute Gasteiger partial charge is 0.228 e. The van der Waals surface area contributed by atoms with Crippen LogP contribution in [0, 0.1) is 5.92 Å². The van der Waals surface area contributed by atoms with Crippen LogP contribution in [0.1, 0.15) is 26.2 Å². The number of likely N-dealkylation sites (tertiary alicyclic amines) is 1. The van der Waals surface area contributed by atoms with E-state index in [0.29, 0.717) is 32.0 Å². The third-order valence-corrected chi connectivity index (χ3v) is 4.78. The number of ether oxygens (including phenoxy) is 1. The number of benzene rings is 1. The minimum Gasteiger partial charge on any atom is -0.492 e. The predicted octanol–water partition coefficient (Wildman–Crippen LogP) is 1.81. The average Bonchev–Trinajstić information content (AvgIpc) is 2.97. The molecule has 0 spiro atoms. The Morgan fingerprint density at radius 1 is 1.28 bits per heavy atom. The maximum absolute atomic E-state index is 12.7. The summed E-state index contributed by atoms with van der Waals surface area (Å²) < 4.78 is 5.62. The molecule has 2 fully saturated rings. The quantitative estimate of drug-likeness (QED) is 0.880. The Bertz CT molecular complexity index is 617. The first-order chi connectivity index (χ1) is 11.6. The second-order valence-corrected chi connectivity index (χ2v) is 6.47. The van der Waals surface area contributed by atoms with Crippen molar-refractivity contribution in [2.45, 2.75) is 32.2 Å². The van der Waals surface area contributed by atoms with Gasteiger partial charge in [0, 0.05) is 32.1 Å². The summed E-state index contributed by atoms with van der Waals surface area (Å²) in [5.74, 6) is 0.466. The lowest BCUT2D eigenvalue weighted by molar-refractivity contribution is -0.136. The summed E-state index contributed by atoms with van der Waals surface area (Å²) in [4.78, 5) is 28.7. The van der Waals surface area contributed by atoms with Crippen molar-refractivity contribution in [3.63, 3.8) is 0 Å². The van der Waals surface area contributed by atoms with E-state index in [0.717, 1.165) is 18.5 Å². The van der Waals surface area contributed by atoms with Crippen molar-refractivity contribution in [1.29, 1.82) is 0 Å². The van der Waals surface area contributed by atoms with Crippen LogP contribution in [-0.2, 0) is 9.59 Å². The average molecular weight is 368 g/mol. The fourth-order valence-corrected chi connectivity index (χ4v) is 3.44. The number of piperidine rings is 1. The van der Waals surface area contributed by atoms with E-state index in [1.54, 1.807) is 4.90 Å². The van der Waals surface area contributed by atoms with Crippen molar-refractivity contribution < 1.29 is 14.3 Å². The van der Waals surface area contributed by atoms with Crippen molar-refractivity contribution in [3.05, 3.63) is 24.3 Å². The molecule has 0 radical (unpaired) electrons. The number of nitrogens with zero attached hydrogens (tertiary/aromatic N) is 2. The number of para-hydroxylation sites is 2. The zero-order valence-corrected chi connectivity index (χ0v) is 15.3. The summed E-state index contributed by atoms with van der Waals surface area (Å²) in [6.45, 7) is 4.26. The van der Waals surface area contributed by atoms with Gasteiger partial charge in [0.1, 0.15) is 5.75 Å². The second kappa shape index (κ2) is 8.54. The van der Waals surface area contributed by atoms with E-state index in [9.17, 15) is 9.59 Å². The van der Waals surface area contributed by atoms with Gasteiger partial charge in [-0.2, -0.15) is 0 Å². The Balaban J connectivity index is 0.00000225. The normalized spacial score (nSPS) is 21.2. The van der Waals surface area contributed by atoms with Crippen molar-refractivity contribution in [2.75, 3.05) is 31.1 Å². The number of halogens is 1. The SMILES string of the molecule is CCOc1ccccc1N1CC(C(=O)N2CCC(N)CC2)CC1=O.Cl. The molecule has 138 valence electrons. The van der Waals surface area contributed by atoms with E-state index in [2.05, 4.69) is 0 Å². The summed E-state index contributed by atoms with van der Waals surface area (Å²) in [6.07, 6.45) is 1.94. The van der Waals surface area contributed by atoms with E-state index in [-0.39, 0.29) is 42.6 Å². The van der Waals surface area contributed by atoms with Gasteiger partial charge in [-0.25, -0.2) is 0 Å². The number of nitrogens with two attached hydrogens (primary N) is 1. The van der Waals surface area contributed by atoms with Crippen molar-refractivity contribution >= 4 is 29.9 Å². The third kappa shape index (κ3) is 4.25. The predicted molar refractivity (Wildman–Crippen MR) is 99.1 cm³/mol. The van der Waals surface area contributed by atoms with Crippen LogP contribution in [0.25, 0.3) is 0 Å². The summed E-state index contributed by atoms with van der Waals surface area (Å²) >= 11 is 0. The molecule has 0 saturated carbocycles. The molecule has 0 aromatic heterocycles. The molecule has 2 aliphatic heterocycles. The molecule has 0 bridgehead atoms. The molecule has 2 aliphatic rings. The van der Waals surface area contributed by atoms with Crippen LogP contribution in [0.5, 0.6) is 5.75 Å². The highest BCUT2D eigenvalue weighted by molar-refractivity contribution is 6.01. The molecular weight excluding hydrogens is 342 g/mol.